The molecular weight excluding hydrogens is 272 g/mol. The Balaban J connectivity index is 3.25. The van der Waals surface area contributed by atoms with Crippen molar-refractivity contribution >= 4 is 17.3 Å². The van der Waals surface area contributed by atoms with Gasteiger partial charge in [-0.3, -0.25) is 20.8 Å². The number of hydrogen-bond acceptors (Lipinski definition) is 5. The van der Waals surface area contributed by atoms with Crippen LogP contribution in [0.15, 0.2) is 18.2 Å². The molecule has 0 saturated carbocycles. The Hall–Kier alpha value is -2.15. The number of anilines is 1. The number of nitrogens with one attached hydrogen (secondary N) is 1. The first-order valence-electron chi connectivity index (χ1n) is 6.62. The van der Waals surface area contributed by atoms with Gasteiger partial charge in [-0.2, -0.15) is 0 Å². The van der Waals surface area contributed by atoms with Gasteiger partial charge in [0.1, 0.15) is 5.69 Å². The highest BCUT2D eigenvalue weighted by atomic mass is 16.6. The maximum absolute atomic E-state index is 12.6. The zero-order valence-electron chi connectivity index (χ0n) is 13.0. The number of hydrazine groups is 1. The molecule has 1 unspecified atom stereocenters. The summed E-state index contributed by atoms with van der Waals surface area (Å²) in [5, 5.41) is 11.0. The monoisotopic (exact) mass is 294 g/mol. The molecular formula is C14H22N4O3. The van der Waals surface area contributed by atoms with Crippen LogP contribution in [0.25, 0.3) is 0 Å². The molecule has 0 aromatic heterocycles. The number of nitrogens with two attached hydrogens (primary N) is 1. The van der Waals surface area contributed by atoms with Gasteiger partial charge < -0.3 is 10.3 Å². The predicted molar refractivity (Wildman–Crippen MR) is 81.9 cm³/mol. The fraction of sp³-hybridized carbons (Fsp3) is 0.500. The summed E-state index contributed by atoms with van der Waals surface area (Å²) >= 11 is 0. The molecule has 7 nitrogen and oxygen atoms in total. The lowest BCUT2D eigenvalue weighted by molar-refractivity contribution is -0.384. The van der Waals surface area contributed by atoms with Crippen LogP contribution < -0.4 is 11.3 Å². The van der Waals surface area contributed by atoms with Crippen molar-refractivity contribution in [1.82, 2.24) is 4.90 Å². The van der Waals surface area contributed by atoms with E-state index < -0.39 is 4.92 Å². The average Bonchev–Trinajstić information content (AvgIpc) is 2.42. The predicted octanol–water partition coefficient (Wildman–Crippen LogP) is 2.39. The van der Waals surface area contributed by atoms with Crippen molar-refractivity contribution in [2.45, 2.75) is 33.7 Å². The highest BCUT2D eigenvalue weighted by molar-refractivity contribution is 6.01. The molecule has 1 atom stereocenters. The summed E-state index contributed by atoms with van der Waals surface area (Å²) in [6, 6.07) is 4.26. The van der Waals surface area contributed by atoms with E-state index in [0.29, 0.717) is 0 Å². The summed E-state index contributed by atoms with van der Waals surface area (Å²) in [5.41, 5.74) is 2.15. The van der Waals surface area contributed by atoms with Crippen LogP contribution in [0.1, 0.15) is 38.1 Å². The Labute approximate surface area is 124 Å². The third kappa shape index (κ3) is 3.49. The number of nitrogen functional groups attached to an aromatic ring is 1. The molecule has 0 heterocycles. The minimum Gasteiger partial charge on any atom is -0.338 e. The number of nitro benzene ring substituents is 1. The first kappa shape index (κ1) is 16.9. The van der Waals surface area contributed by atoms with Gasteiger partial charge in [0, 0.05) is 19.2 Å². The van der Waals surface area contributed by atoms with E-state index in [9.17, 15) is 14.9 Å². The summed E-state index contributed by atoms with van der Waals surface area (Å²) in [6.07, 6.45) is 0. The molecule has 0 saturated heterocycles. The van der Waals surface area contributed by atoms with Gasteiger partial charge in [0.15, 0.2) is 0 Å². The fourth-order valence-electron chi connectivity index (χ4n) is 1.97. The van der Waals surface area contributed by atoms with Gasteiger partial charge in [0.2, 0.25) is 0 Å². The summed E-state index contributed by atoms with van der Waals surface area (Å²) in [7, 11) is 1.68. The van der Waals surface area contributed by atoms with Crippen LogP contribution in [0.2, 0.25) is 0 Å². The third-order valence-electron chi connectivity index (χ3n) is 3.77. The Morgan fingerprint density at radius 3 is 2.43 bits per heavy atom. The molecule has 1 amide bonds. The summed E-state index contributed by atoms with van der Waals surface area (Å²) in [5.74, 6) is 5.05. The molecule has 0 aliphatic rings. The van der Waals surface area contributed by atoms with E-state index in [4.69, 9.17) is 5.84 Å². The van der Waals surface area contributed by atoms with Gasteiger partial charge in [-0.15, -0.1) is 0 Å². The van der Waals surface area contributed by atoms with Crippen molar-refractivity contribution < 1.29 is 9.72 Å². The highest BCUT2D eigenvalue weighted by Gasteiger charge is 2.30. The second kappa shape index (κ2) is 6.09. The zero-order chi connectivity index (χ0) is 16.4. The van der Waals surface area contributed by atoms with Gasteiger partial charge >= 0.3 is 0 Å². The largest absolute Gasteiger partial charge is 0.338 e. The van der Waals surface area contributed by atoms with E-state index in [2.05, 4.69) is 5.43 Å². The van der Waals surface area contributed by atoms with Crippen molar-refractivity contribution in [1.29, 1.82) is 0 Å². The van der Waals surface area contributed by atoms with E-state index >= 15 is 0 Å². The normalized spacial score (nSPS) is 12.7. The first-order valence-corrected chi connectivity index (χ1v) is 6.62. The highest BCUT2D eigenvalue weighted by Crippen LogP contribution is 2.30. The maximum Gasteiger partial charge on any atom is 0.294 e. The van der Waals surface area contributed by atoms with E-state index in [1.165, 1.54) is 18.2 Å². The number of nitro groups is 1. The standard InChI is InChI=1S/C14H22N4O3/c1-9(14(2,3)4)17(5)13(19)10-7-6-8-11(18(20)21)12(10)16-15/h6-9,16H,15H2,1-5H3. The molecule has 21 heavy (non-hydrogen) atoms. The third-order valence-corrected chi connectivity index (χ3v) is 3.77. The number of carbonyl (C=O) groups is 1. The molecule has 0 aliphatic carbocycles. The van der Waals surface area contributed by atoms with Crippen molar-refractivity contribution in [2.24, 2.45) is 11.3 Å². The molecule has 0 aliphatic heterocycles. The van der Waals surface area contributed by atoms with Gasteiger partial charge in [-0.05, 0) is 18.4 Å². The second-order valence-corrected chi connectivity index (χ2v) is 6.06. The number of hydrogen-bond donors (Lipinski definition) is 2. The van der Waals surface area contributed by atoms with Gasteiger partial charge in [0.05, 0.1) is 10.5 Å². The number of nitrogens with zero attached hydrogens (tertiary/aromatic N) is 2. The van der Waals surface area contributed by atoms with Crippen LogP contribution in [0.5, 0.6) is 0 Å². The molecule has 7 heteroatoms. The van der Waals surface area contributed by atoms with E-state index in [-0.39, 0.29) is 34.3 Å². The quantitative estimate of drug-likeness (QED) is 0.504. The molecule has 1 aromatic rings. The minimum atomic E-state index is -0.570. The summed E-state index contributed by atoms with van der Waals surface area (Å²) in [6.45, 7) is 8.01. The van der Waals surface area contributed by atoms with Crippen LogP contribution in [0.4, 0.5) is 11.4 Å². The number of rotatable bonds is 4. The van der Waals surface area contributed by atoms with E-state index in [1.807, 2.05) is 27.7 Å². The molecule has 0 spiro atoms. The average molecular weight is 294 g/mol. The Morgan fingerprint density at radius 2 is 2.00 bits per heavy atom. The number of para-hydroxylation sites is 1. The molecule has 0 radical (unpaired) electrons. The molecule has 116 valence electrons. The molecule has 0 fully saturated rings. The van der Waals surface area contributed by atoms with Gasteiger partial charge in [-0.25, -0.2) is 0 Å². The van der Waals surface area contributed by atoms with Crippen molar-refractivity contribution in [2.75, 3.05) is 12.5 Å². The Bertz CT molecular complexity index is 552. The van der Waals surface area contributed by atoms with Crippen LogP contribution in [0, 0.1) is 15.5 Å². The van der Waals surface area contributed by atoms with Crippen molar-refractivity contribution in [3.05, 3.63) is 33.9 Å². The smallest absolute Gasteiger partial charge is 0.294 e. The molecule has 1 rings (SSSR count). The van der Waals surface area contributed by atoms with Crippen LogP contribution in [-0.2, 0) is 0 Å². The summed E-state index contributed by atoms with van der Waals surface area (Å²) in [4.78, 5) is 24.6. The van der Waals surface area contributed by atoms with Crippen molar-refractivity contribution in [3.63, 3.8) is 0 Å². The number of carbonyl (C=O) groups excluding carboxylic acids is 1. The molecule has 1 aromatic carbocycles. The lowest BCUT2D eigenvalue weighted by Crippen LogP contribution is -2.43. The van der Waals surface area contributed by atoms with Crippen LogP contribution >= 0.6 is 0 Å². The zero-order valence-corrected chi connectivity index (χ0v) is 13.0. The van der Waals surface area contributed by atoms with Gasteiger partial charge in [-0.1, -0.05) is 26.8 Å². The Kier molecular flexibility index (Phi) is 4.90. The summed E-state index contributed by atoms with van der Waals surface area (Å²) < 4.78 is 0. The molecule has 0 bridgehead atoms. The second-order valence-electron chi connectivity index (χ2n) is 6.06. The minimum absolute atomic E-state index is 0.0282. The van der Waals surface area contributed by atoms with Gasteiger partial charge in [0.25, 0.3) is 11.6 Å². The SMILES string of the molecule is CC(N(C)C(=O)c1cccc([N+](=O)[O-])c1NN)C(C)(C)C. The number of benzene rings is 1. The first-order chi connectivity index (χ1) is 9.61. The Morgan fingerprint density at radius 1 is 1.43 bits per heavy atom. The van der Waals surface area contributed by atoms with E-state index in [0.717, 1.165) is 0 Å². The number of amides is 1. The topological polar surface area (TPSA) is 102 Å². The van der Waals surface area contributed by atoms with Crippen molar-refractivity contribution in [3.8, 4) is 0 Å². The maximum atomic E-state index is 12.6. The lowest BCUT2D eigenvalue weighted by Gasteiger charge is -2.35. The fourth-order valence-corrected chi connectivity index (χ4v) is 1.97. The van der Waals surface area contributed by atoms with Crippen LogP contribution in [0.3, 0.4) is 0 Å². The van der Waals surface area contributed by atoms with E-state index in [1.54, 1.807) is 11.9 Å². The molecule has 3 N–H and O–H groups in total. The van der Waals surface area contributed by atoms with Crippen LogP contribution in [-0.4, -0.2) is 28.8 Å². The lowest BCUT2D eigenvalue weighted by atomic mass is 9.87.